The van der Waals surface area contributed by atoms with Crippen LogP contribution < -0.4 is 0 Å². The van der Waals surface area contributed by atoms with Crippen LogP contribution in [0.1, 0.15) is 259 Å². The summed E-state index contributed by atoms with van der Waals surface area (Å²) in [7, 11) is -10.1. The first-order valence-corrected chi connectivity index (χ1v) is 44.3. The van der Waals surface area contributed by atoms with E-state index in [2.05, 4.69) is 210 Å². The van der Waals surface area contributed by atoms with Gasteiger partial charge in [0.25, 0.3) is 0 Å². The lowest BCUT2D eigenvalue weighted by Gasteiger charge is -2.21. The SMILES string of the molecule is CC/C=C\C/C=C\C/C=C\C/C=C\C/C=C\C/C=C\CCC(=O)OC[C@H](COP(=O)(O)OCC(O)COP(=O)(O)OC[C@@H](COC(=O)CC/C=C\C/C=C\C/C=C\C/C=C\C/C=C\C/C=C\CC)OC(=O)CCC/C=C\C/C=C\C/C=C\C/C=C\CCCCC)OC(=O)CCC/C=C\C/C=C\C/C=C\C/C=C\CCCCC. The highest BCUT2D eigenvalue weighted by molar-refractivity contribution is 7.47. The Balaban J connectivity index is 5.65. The van der Waals surface area contributed by atoms with Crippen LogP contribution in [0.3, 0.4) is 0 Å². The molecule has 0 radical (unpaired) electrons. The number of carbonyl (C=O) groups excluding carboxylic acids is 4. The van der Waals surface area contributed by atoms with Gasteiger partial charge in [-0.15, -0.1) is 0 Å². The lowest BCUT2D eigenvalue weighted by Crippen LogP contribution is -2.30. The highest BCUT2D eigenvalue weighted by Gasteiger charge is 2.30. The number of aliphatic hydroxyl groups excluding tert-OH is 1. The number of allylic oxidation sites excluding steroid dienone is 40. The van der Waals surface area contributed by atoms with Crippen LogP contribution >= 0.6 is 15.6 Å². The van der Waals surface area contributed by atoms with Gasteiger partial charge in [0, 0.05) is 25.7 Å². The number of ether oxygens (including phenoxy) is 4. The Morgan fingerprint density at radius 3 is 0.714 bits per heavy atom. The number of carbonyl (C=O) groups is 4. The molecular formula is C93H142O17P2. The van der Waals surface area contributed by atoms with Gasteiger partial charge in [0.05, 0.1) is 26.4 Å². The first-order chi connectivity index (χ1) is 54.7. The number of rotatable bonds is 74. The molecule has 0 aromatic rings. The van der Waals surface area contributed by atoms with Crippen LogP contribution in [0.2, 0.25) is 0 Å². The normalized spacial score (nSPS) is 15.0. The van der Waals surface area contributed by atoms with Crippen LogP contribution in [-0.4, -0.2) is 96.7 Å². The van der Waals surface area contributed by atoms with Gasteiger partial charge in [-0.2, -0.15) is 0 Å². The number of hydrogen-bond acceptors (Lipinski definition) is 15. The molecular weight excluding hydrogens is 1450 g/mol. The highest BCUT2D eigenvalue weighted by Crippen LogP contribution is 2.45. The summed E-state index contributed by atoms with van der Waals surface area (Å²) in [6.45, 7) is 4.24. The second-order valence-corrected chi connectivity index (χ2v) is 29.1. The maximum atomic E-state index is 13.1. The predicted octanol–water partition coefficient (Wildman–Crippen LogP) is 24.8. The van der Waals surface area contributed by atoms with Crippen LogP contribution in [0, 0.1) is 0 Å². The summed E-state index contributed by atoms with van der Waals surface area (Å²) in [6.07, 6.45) is 108. The zero-order valence-corrected chi connectivity index (χ0v) is 70.3. The minimum Gasteiger partial charge on any atom is -0.462 e. The van der Waals surface area contributed by atoms with Gasteiger partial charge in [0.15, 0.2) is 12.2 Å². The summed E-state index contributed by atoms with van der Waals surface area (Å²) < 4.78 is 68.4. The Bertz CT molecular complexity index is 2880. The van der Waals surface area contributed by atoms with Gasteiger partial charge in [0.2, 0.25) is 0 Å². The fourth-order valence-corrected chi connectivity index (χ4v) is 11.2. The maximum Gasteiger partial charge on any atom is 0.472 e. The fraction of sp³-hybridized carbons (Fsp3) is 0.527. The third-order valence-electron chi connectivity index (χ3n) is 15.8. The molecule has 0 heterocycles. The lowest BCUT2D eigenvalue weighted by molar-refractivity contribution is -0.161. The average Bonchev–Trinajstić information content (AvgIpc) is 0.895. The zero-order valence-electron chi connectivity index (χ0n) is 68.5. The van der Waals surface area contributed by atoms with Crippen molar-refractivity contribution in [3.63, 3.8) is 0 Å². The second kappa shape index (κ2) is 81.9. The van der Waals surface area contributed by atoms with E-state index in [1.165, 1.54) is 38.5 Å². The van der Waals surface area contributed by atoms with Crippen molar-refractivity contribution in [2.24, 2.45) is 0 Å². The van der Waals surface area contributed by atoms with E-state index in [0.717, 1.165) is 116 Å². The van der Waals surface area contributed by atoms with Gasteiger partial charge in [-0.25, -0.2) is 9.13 Å². The van der Waals surface area contributed by atoms with Crippen molar-refractivity contribution in [1.82, 2.24) is 0 Å². The van der Waals surface area contributed by atoms with Gasteiger partial charge < -0.3 is 33.8 Å². The lowest BCUT2D eigenvalue weighted by atomic mass is 10.2. The molecule has 112 heavy (non-hydrogen) atoms. The number of aliphatic hydroxyl groups is 1. The minimum atomic E-state index is -5.04. The molecule has 2 unspecified atom stereocenters. The summed E-state index contributed by atoms with van der Waals surface area (Å²) in [4.78, 5) is 73.1. The van der Waals surface area contributed by atoms with E-state index in [1.807, 2.05) is 60.8 Å². The van der Waals surface area contributed by atoms with Gasteiger partial charge in [-0.1, -0.05) is 296 Å². The summed E-state index contributed by atoms with van der Waals surface area (Å²) in [5.41, 5.74) is 0. The molecule has 3 N–H and O–H groups in total. The summed E-state index contributed by atoms with van der Waals surface area (Å²) >= 11 is 0. The summed E-state index contributed by atoms with van der Waals surface area (Å²) in [5, 5.41) is 10.7. The van der Waals surface area contributed by atoms with E-state index in [-0.39, 0.29) is 25.7 Å². The Morgan fingerprint density at radius 1 is 0.259 bits per heavy atom. The van der Waals surface area contributed by atoms with Crippen molar-refractivity contribution in [2.45, 2.75) is 277 Å². The van der Waals surface area contributed by atoms with Gasteiger partial charge >= 0.3 is 39.5 Å². The smallest absolute Gasteiger partial charge is 0.462 e. The van der Waals surface area contributed by atoms with Crippen molar-refractivity contribution in [3.8, 4) is 0 Å². The van der Waals surface area contributed by atoms with Crippen molar-refractivity contribution >= 4 is 39.5 Å². The highest BCUT2D eigenvalue weighted by atomic mass is 31.2. The molecule has 0 saturated heterocycles. The van der Waals surface area contributed by atoms with Crippen molar-refractivity contribution in [1.29, 1.82) is 0 Å². The standard InChI is InChI=1S/C93H142O17P2/c1-5-9-13-17-21-25-29-33-37-41-43-47-49-53-57-61-65-69-73-77-90(95)103-83-88(109-92(97)79-75-71-67-63-59-55-51-45-39-35-31-27-23-19-15-11-7-3)85-107-111(99,100)105-81-87(94)82-106-112(101,102)108-86-89(110-93(98)80-76-72-68-64-60-56-52-46-40-36-32-28-24-20-16-12-8-4)84-104-91(96)78-74-70-66-62-58-54-50-48-44-42-38-34-30-26-22-18-14-10-6-2/h9-10,13-14,21-28,33-40,43-44,47-48,51-58,63-70,87-89,94H,5-8,11-12,15-20,29-32,41-42,45-46,49-50,59-62,71-86H2,1-4H3,(H,99,100)(H,101,102)/b13-9-,14-10-,25-21-,26-22-,27-23-,28-24-,37-33-,38-34-,39-35-,40-36-,47-43-,48-44-,55-51-,56-52-,57-53-,58-54-,67-63-,68-64-,69-65-,70-66-/t88-,89-/m1/s1. The van der Waals surface area contributed by atoms with E-state index in [0.29, 0.717) is 51.4 Å². The third kappa shape index (κ3) is 80.9. The molecule has 0 aromatic heterocycles. The molecule has 626 valence electrons. The Labute approximate surface area is 676 Å². The van der Waals surface area contributed by atoms with Crippen LogP contribution in [0.15, 0.2) is 243 Å². The van der Waals surface area contributed by atoms with Crippen LogP contribution in [0.4, 0.5) is 0 Å². The monoisotopic (exact) mass is 1590 g/mol. The van der Waals surface area contributed by atoms with Crippen LogP contribution in [0.25, 0.3) is 0 Å². The van der Waals surface area contributed by atoms with Gasteiger partial charge in [-0.3, -0.25) is 37.3 Å². The topological polar surface area (TPSA) is 237 Å². The largest absolute Gasteiger partial charge is 0.472 e. The number of esters is 4. The molecule has 0 aromatic carbocycles. The van der Waals surface area contributed by atoms with Crippen molar-refractivity contribution in [2.75, 3.05) is 39.6 Å². The fourth-order valence-electron chi connectivity index (χ4n) is 9.61. The Hall–Kier alpha value is -7.14. The van der Waals surface area contributed by atoms with E-state index in [1.54, 1.807) is 0 Å². The Morgan fingerprint density at radius 2 is 0.473 bits per heavy atom. The Kier molecular flexibility index (Phi) is 76.6. The number of phosphoric acid groups is 2. The van der Waals surface area contributed by atoms with E-state index < -0.39 is 97.5 Å². The van der Waals surface area contributed by atoms with E-state index in [9.17, 15) is 43.2 Å². The summed E-state index contributed by atoms with van der Waals surface area (Å²) in [6, 6.07) is 0. The third-order valence-corrected chi connectivity index (χ3v) is 17.7. The van der Waals surface area contributed by atoms with Crippen LogP contribution in [-0.2, 0) is 65.4 Å². The van der Waals surface area contributed by atoms with Crippen LogP contribution in [0.5, 0.6) is 0 Å². The molecule has 0 bridgehead atoms. The maximum absolute atomic E-state index is 13.1. The quantitative estimate of drug-likeness (QED) is 0.0169. The van der Waals surface area contributed by atoms with Gasteiger partial charge in [-0.05, 0) is 180 Å². The molecule has 4 atom stereocenters. The first kappa shape index (κ1) is 105. The molecule has 0 amide bonds. The molecule has 17 nitrogen and oxygen atoms in total. The molecule has 0 fully saturated rings. The number of unbranched alkanes of at least 4 members (excludes halogenated alkanes) is 8. The molecule has 0 aliphatic rings. The first-order valence-electron chi connectivity index (χ1n) is 41.3. The average molecular weight is 1590 g/mol. The second-order valence-electron chi connectivity index (χ2n) is 26.2. The molecule has 0 rings (SSSR count). The minimum absolute atomic E-state index is 0.0106. The van der Waals surface area contributed by atoms with E-state index in [4.69, 9.17) is 37.0 Å². The molecule has 0 spiro atoms. The predicted molar refractivity (Wildman–Crippen MR) is 463 cm³/mol. The molecule has 0 aliphatic carbocycles. The van der Waals surface area contributed by atoms with Gasteiger partial charge in [0.1, 0.15) is 19.3 Å². The van der Waals surface area contributed by atoms with Crippen molar-refractivity contribution < 1.29 is 80.2 Å². The number of phosphoric ester groups is 2. The molecule has 0 aliphatic heterocycles. The summed E-state index contributed by atoms with van der Waals surface area (Å²) in [5.74, 6) is -2.54. The molecule has 0 saturated carbocycles. The van der Waals surface area contributed by atoms with E-state index >= 15 is 0 Å². The number of hydrogen-bond donors (Lipinski definition) is 3. The van der Waals surface area contributed by atoms with Crippen molar-refractivity contribution in [3.05, 3.63) is 243 Å². The zero-order chi connectivity index (χ0) is 81.7. The molecule has 19 heteroatoms.